The van der Waals surface area contributed by atoms with Crippen LogP contribution in [-0.4, -0.2) is 25.4 Å². The fourth-order valence-corrected chi connectivity index (χ4v) is 0.681. The highest BCUT2D eigenvalue weighted by atomic mass is 16.6. The lowest BCUT2D eigenvalue weighted by atomic mass is 10.2. The third kappa shape index (κ3) is 9.11. The number of carbonyl (C=O) groups excluding carboxylic acids is 2. The van der Waals surface area contributed by atoms with Crippen LogP contribution in [0.25, 0.3) is 0 Å². The molecule has 0 saturated carbocycles. The molecule has 0 aromatic carbocycles. The lowest BCUT2D eigenvalue weighted by molar-refractivity contribution is 0.137. The smallest absolute Gasteiger partial charge is 0.447 e. The molecule has 0 radical (unpaired) electrons. The summed E-state index contributed by atoms with van der Waals surface area (Å²) in [7, 11) is 0. The van der Waals surface area contributed by atoms with Crippen LogP contribution in [0.1, 0.15) is 33.6 Å². The molecule has 16 heavy (non-hydrogen) atoms. The molecule has 0 saturated heterocycles. The molecule has 0 spiro atoms. The van der Waals surface area contributed by atoms with Gasteiger partial charge in [-0.05, 0) is 12.3 Å². The van der Waals surface area contributed by atoms with Crippen molar-refractivity contribution in [1.29, 1.82) is 0 Å². The van der Waals surface area contributed by atoms with E-state index >= 15 is 0 Å². The molecule has 0 aliphatic carbocycles. The quantitative estimate of drug-likeness (QED) is 0.536. The van der Waals surface area contributed by atoms with Crippen molar-refractivity contribution in [3.8, 4) is 0 Å². The van der Waals surface area contributed by atoms with Crippen molar-refractivity contribution < 1.29 is 19.1 Å². The number of unbranched alkanes of at least 4 members (excludes halogenated alkanes) is 1. The SMILES string of the molecule is CCCCOC(=O)N=NC(=O)OCC(C)C. The number of hydrogen-bond acceptors (Lipinski definition) is 4. The molecule has 92 valence electrons. The van der Waals surface area contributed by atoms with Gasteiger partial charge in [0.25, 0.3) is 0 Å². The molecule has 0 aliphatic heterocycles. The van der Waals surface area contributed by atoms with E-state index in [-0.39, 0.29) is 19.1 Å². The standard InChI is InChI=1S/C10H18N2O4/c1-4-5-6-15-9(13)11-12-10(14)16-7-8(2)3/h8H,4-7H2,1-3H3. The first-order valence-electron chi connectivity index (χ1n) is 5.31. The number of nitrogens with zero attached hydrogens (tertiary/aromatic N) is 2. The van der Waals surface area contributed by atoms with Gasteiger partial charge < -0.3 is 9.47 Å². The summed E-state index contributed by atoms with van der Waals surface area (Å²) in [5.74, 6) is 0.218. The van der Waals surface area contributed by atoms with E-state index in [2.05, 4.69) is 19.7 Å². The van der Waals surface area contributed by atoms with Crippen molar-refractivity contribution in [3.05, 3.63) is 0 Å². The van der Waals surface area contributed by atoms with Crippen molar-refractivity contribution in [2.75, 3.05) is 13.2 Å². The fraction of sp³-hybridized carbons (Fsp3) is 0.800. The number of amides is 2. The highest BCUT2D eigenvalue weighted by Crippen LogP contribution is 1.96. The van der Waals surface area contributed by atoms with Gasteiger partial charge in [-0.2, -0.15) is 0 Å². The van der Waals surface area contributed by atoms with Gasteiger partial charge >= 0.3 is 12.2 Å². The van der Waals surface area contributed by atoms with Gasteiger partial charge in [-0.15, -0.1) is 0 Å². The van der Waals surface area contributed by atoms with Gasteiger partial charge in [0, 0.05) is 0 Å². The van der Waals surface area contributed by atoms with E-state index in [1.807, 2.05) is 20.8 Å². The molecule has 0 aromatic heterocycles. The minimum absolute atomic E-state index is 0.218. The number of ether oxygens (including phenoxy) is 2. The van der Waals surface area contributed by atoms with E-state index in [4.69, 9.17) is 0 Å². The van der Waals surface area contributed by atoms with Gasteiger partial charge in [0.15, 0.2) is 0 Å². The van der Waals surface area contributed by atoms with E-state index < -0.39 is 12.2 Å². The fourth-order valence-electron chi connectivity index (χ4n) is 0.681. The van der Waals surface area contributed by atoms with E-state index in [1.54, 1.807) is 0 Å². The second kappa shape index (κ2) is 8.82. The van der Waals surface area contributed by atoms with Crippen LogP contribution in [0.3, 0.4) is 0 Å². The maximum Gasteiger partial charge on any atom is 0.452 e. The Kier molecular flexibility index (Phi) is 8.01. The highest BCUT2D eigenvalue weighted by Gasteiger charge is 2.04. The topological polar surface area (TPSA) is 77.3 Å². The van der Waals surface area contributed by atoms with Gasteiger partial charge in [-0.25, -0.2) is 9.59 Å². The van der Waals surface area contributed by atoms with Gasteiger partial charge in [-0.3, -0.25) is 0 Å². The average Bonchev–Trinajstić information content (AvgIpc) is 2.24. The molecule has 2 amide bonds. The summed E-state index contributed by atoms with van der Waals surface area (Å²) >= 11 is 0. The summed E-state index contributed by atoms with van der Waals surface area (Å²) in [6, 6.07) is 0. The summed E-state index contributed by atoms with van der Waals surface area (Å²) in [5, 5.41) is 6.13. The summed E-state index contributed by atoms with van der Waals surface area (Å²) < 4.78 is 9.32. The van der Waals surface area contributed by atoms with Crippen molar-refractivity contribution in [3.63, 3.8) is 0 Å². The van der Waals surface area contributed by atoms with Gasteiger partial charge in [-0.1, -0.05) is 37.4 Å². The Hall–Kier alpha value is -1.46. The third-order valence-electron chi connectivity index (χ3n) is 1.48. The molecule has 0 bridgehead atoms. The molecule has 0 heterocycles. The largest absolute Gasteiger partial charge is 0.452 e. The maximum atomic E-state index is 10.9. The second-order valence-electron chi connectivity index (χ2n) is 3.64. The molecule has 0 fully saturated rings. The number of azo groups is 1. The lowest BCUT2D eigenvalue weighted by Gasteiger charge is -2.02. The van der Waals surface area contributed by atoms with Crippen LogP contribution >= 0.6 is 0 Å². The minimum Gasteiger partial charge on any atom is -0.447 e. The number of rotatable bonds is 5. The molecular formula is C10H18N2O4. The molecule has 0 rings (SSSR count). The Morgan fingerprint density at radius 2 is 1.69 bits per heavy atom. The average molecular weight is 230 g/mol. The highest BCUT2D eigenvalue weighted by molar-refractivity contribution is 5.73. The Morgan fingerprint density at radius 1 is 1.12 bits per heavy atom. The van der Waals surface area contributed by atoms with Gasteiger partial charge in [0.2, 0.25) is 0 Å². The first-order chi connectivity index (χ1) is 7.56. The van der Waals surface area contributed by atoms with E-state index in [0.717, 1.165) is 12.8 Å². The van der Waals surface area contributed by atoms with Crippen molar-refractivity contribution in [2.24, 2.45) is 16.1 Å². The minimum atomic E-state index is -0.874. The number of carbonyl (C=O) groups is 2. The second-order valence-corrected chi connectivity index (χ2v) is 3.64. The van der Waals surface area contributed by atoms with Crippen LogP contribution in [0.2, 0.25) is 0 Å². The Bertz CT molecular complexity index is 251. The van der Waals surface area contributed by atoms with Crippen molar-refractivity contribution in [1.82, 2.24) is 0 Å². The normalized spacial score (nSPS) is 10.8. The molecule has 0 aliphatic rings. The Labute approximate surface area is 95.0 Å². The van der Waals surface area contributed by atoms with Crippen LogP contribution in [0, 0.1) is 5.92 Å². The predicted molar refractivity (Wildman–Crippen MR) is 57.3 cm³/mol. The van der Waals surface area contributed by atoms with E-state index in [0.29, 0.717) is 0 Å². The predicted octanol–water partition coefficient (Wildman–Crippen LogP) is 3.17. The van der Waals surface area contributed by atoms with Crippen LogP contribution in [-0.2, 0) is 9.47 Å². The zero-order chi connectivity index (χ0) is 12.4. The first kappa shape index (κ1) is 14.5. The van der Waals surface area contributed by atoms with Crippen LogP contribution in [0.4, 0.5) is 9.59 Å². The van der Waals surface area contributed by atoms with Gasteiger partial charge in [0.05, 0.1) is 13.2 Å². The van der Waals surface area contributed by atoms with Crippen LogP contribution in [0.5, 0.6) is 0 Å². The van der Waals surface area contributed by atoms with E-state index in [1.165, 1.54) is 0 Å². The zero-order valence-corrected chi connectivity index (χ0v) is 9.93. The molecular weight excluding hydrogens is 212 g/mol. The van der Waals surface area contributed by atoms with Gasteiger partial charge in [0.1, 0.15) is 0 Å². The Balaban J connectivity index is 3.71. The molecule has 0 atom stereocenters. The Morgan fingerprint density at radius 3 is 2.19 bits per heavy atom. The summed E-state index contributed by atoms with van der Waals surface area (Å²) in [5.41, 5.74) is 0. The van der Waals surface area contributed by atoms with Crippen LogP contribution < -0.4 is 0 Å². The lowest BCUT2D eigenvalue weighted by Crippen LogP contribution is -2.06. The third-order valence-corrected chi connectivity index (χ3v) is 1.48. The molecule has 6 heteroatoms. The van der Waals surface area contributed by atoms with Crippen molar-refractivity contribution in [2.45, 2.75) is 33.6 Å². The number of hydrogen-bond donors (Lipinski definition) is 0. The van der Waals surface area contributed by atoms with Crippen molar-refractivity contribution >= 4 is 12.2 Å². The monoisotopic (exact) mass is 230 g/mol. The zero-order valence-electron chi connectivity index (χ0n) is 9.93. The van der Waals surface area contributed by atoms with Crippen LogP contribution in [0.15, 0.2) is 10.2 Å². The first-order valence-corrected chi connectivity index (χ1v) is 5.31. The summed E-state index contributed by atoms with van der Waals surface area (Å²) in [4.78, 5) is 21.8. The molecule has 0 N–H and O–H groups in total. The molecule has 0 aromatic rings. The molecule has 6 nitrogen and oxygen atoms in total. The summed E-state index contributed by atoms with van der Waals surface area (Å²) in [6.45, 7) is 6.30. The molecule has 0 unspecified atom stereocenters. The summed E-state index contributed by atoms with van der Waals surface area (Å²) in [6.07, 6.45) is -0.0593. The maximum absolute atomic E-state index is 10.9. The van der Waals surface area contributed by atoms with E-state index in [9.17, 15) is 9.59 Å².